The van der Waals surface area contributed by atoms with Gasteiger partial charge in [-0.1, -0.05) is 0 Å². The van der Waals surface area contributed by atoms with Crippen LogP contribution in [0.1, 0.15) is 10.4 Å². The molecule has 0 fully saturated rings. The molecule has 0 heterocycles. The number of primary amides is 1. The van der Waals surface area contributed by atoms with E-state index in [0.717, 1.165) is 6.07 Å². The molecule has 0 aliphatic carbocycles. The van der Waals surface area contributed by atoms with E-state index in [2.05, 4.69) is 4.72 Å². The summed E-state index contributed by atoms with van der Waals surface area (Å²) in [5.74, 6) is -1.45. The summed E-state index contributed by atoms with van der Waals surface area (Å²) in [4.78, 5) is 10.7. The first-order valence-electron chi connectivity index (χ1n) is 6.10. The molecule has 0 aliphatic heterocycles. The number of nitrogens with two attached hydrogens (primary N) is 1. The molecule has 8 heteroatoms. The van der Waals surface area contributed by atoms with Gasteiger partial charge in [0.2, 0.25) is 5.91 Å². The molecule has 0 radical (unpaired) electrons. The summed E-state index contributed by atoms with van der Waals surface area (Å²) in [7, 11) is -2.67. The van der Waals surface area contributed by atoms with E-state index in [0.29, 0.717) is 0 Å². The summed E-state index contributed by atoms with van der Waals surface area (Å²) in [6.07, 6.45) is 0. The maximum Gasteiger partial charge on any atom is 0.262 e. The Bertz CT molecular complexity index is 804. The van der Waals surface area contributed by atoms with E-state index in [1.165, 1.54) is 43.5 Å². The number of methoxy groups -OCH3 is 1. The average Bonchev–Trinajstić information content (AvgIpc) is 2.47. The van der Waals surface area contributed by atoms with Crippen molar-refractivity contribution in [2.75, 3.05) is 11.8 Å². The summed E-state index contributed by atoms with van der Waals surface area (Å²) in [5.41, 5.74) is 5.57. The van der Waals surface area contributed by atoms with Crippen LogP contribution in [0.3, 0.4) is 0 Å². The summed E-state index contributed by atoms with van der Waals surface area (Å²) < 4.78 is 44.9. The Morgan fingerprint density at radius 2 is 1.82 bits per heavy atom. The van der Waals surface area contributed by atoms with E-state index in [1.807, 2.05) is 0 Å². The van der Waals surface area contributed by atoms with Crippen LogP contribution < -0.4 is 15.2 Å². The SMILES string of the molecule is COc1ccc(S(=O)(=O)Nc2ccc(C(N)=O)cc2)cc1F. The van der Waals surface area contributed by atoms with Crippen LogP contribution in [0.5, 0.6) is 5.75 Å². The molecule has 0 unspecified atom stereocenters. The van der Waals surface area contributed by atoms with Crippen molar-refractivity contribution < 1.29 is 22.3 Å². The van der Waals surface area contributed by atoms with Crippen LogP contribution in [0.2, 0.25) is 0 Å². The molecule has 116 valence electrons. The Kier molecular flexibility index (Phi) is 4.32. The number of benzene rings is 2. The molecule has 1 amide bonds. The molecule has 0 bridgehead atoms. The van der Waals surface area contributed by atoms with E-state index >= 15 is 0 Å². The highest BCUT2D eigenvalue weighted by molar-refractivity contribution is 7.92. The summed E-state index contributed by atoms with van der Waals surface area (Å²) >= 11 is 0. The zero-order chi connectivity index (χ0) is 16.3. The molecule has 6 nitrogen and oxygen atoms in total. The molecule has 0 aromatic heterocycles. The smallest absolute Gasteiger partial charge is 0.262 e. The molecule has 3 N–H and O–H groups in total. The zero-order valence-electron chi connectivity index (χ0n) is 11.5. The summed E-state index contributed by atoms with van der Waals surface area (Å²) in [6, 6.07) is 8.85. The normalized spacial score (nSPS) is 11.0. The number of amides is 1. The Labute approximate surface area is 126 Å². The number of hydrogen-bond acceptors (Lipinski definition) is 4. The minimum atomic E-state index is -3.96. The lowest BCUT2D eigenvalue weighted by atomic mass is 10.2. The molecule has 2 aromatic carbocycles. The van der Waals surface area contributed by atoms with Crippen molar-refractivity contribution in [3.8, 4) is 5.75 Å². The Morgan fingerprint density at radius 3 is 2.32 bits per heavy atom. The fourth-order valence-corrected chi connectivity index (χ4v) is 2.80. The van der Waals surface area contributed by atoms with Gasteiger partial charge in [-0.05, 0) is 42.5 Å². The van der Waals surface area contributed by atoms with Gasteiger partial charge in [0.1, 0.15) is 0 Å². The average molecular weight is 324 g/mol. The molecule has 0 atom stereocenters. The van der Waals surface area contributed by atoms with E-state index in [1.54, 1.807) is 0 Å². The van der Waals surface area contributed by atoms with Crippen LogP contribution in [-0.4, -0.2) is 21.4 Å². The van der Waals surface area contributed by atoms with Crippen LogP contribution >= 0.6 is 0 Å². The number of ether oxygens (including phenoxy) is 1. The van der Waals surface area contributed by atoms with Crippen LogP contribution in [0.25, 0.3) is 0 Å². The van der Waals surface area contributed by atoms with Crippen molar-refractivity contribution >= 4 is 21.6 Å². The maximum absolute atomic E-state index is 13.6. The van der Waals surface area contributed by atoms with Crippen LogP contribution in [-0.2, 0) is 10.0 Å². The molecule has 22 heavy (non-hydrogen) atoms. The first kappa shape index (κ1) is 15.8. The highest BCUT2D eigenvalue weighted by Gasteiger charge is 2.17. The van der Waals surface area contributed by atoms with Gasteiger partial charge in [0.05, 0.1) is 12.0 Å². The summed E-state index contributed by atoms with van der Waals surface area (Å²) in [5, 5.41) is 0. The van der Waals surface area contributed by atoms with Gasteiger partial charge in [-0.2, -0.15) is 0 Å². The topological polar surface area (TPSA) is 98.5 Å². The second-order valence-corrected chi connectivity index (χ2v) is 6.03. The highest BCUT2D eigenvalue weighted by Crippen LogP contribution is 2.22. The lowest BCUT2D eigenvalue weighted by Gasteiger charge is -2.09. The number of anilines is 1. The number of carbonyl (C=O) groups is 1. The third-order valence-electron chi connectivity index (χ3n) is 2.86. The van der Waals surface area contributed by atoms with Crippen LogP contribution in [0, 0.1) is 5.82 Å². The first-order chi connectivity index (χ1) is 10.3. The third-order valence-corrected chi connectivity index (χ3v) is 4.23. The second-order valence-electron chi connectivity index (χ2n) is 4.34. The molecular weight excluding hydrogens is 311 g/mol. The molecule has 2 rings (SSSR count). The summed E-state index contributed by atoms with van der Waals surface area (Å²) in [6.45, 7) is 0. The van der Waals surface area contributed by atoms with Crippen molar-refractivity contribution in [3.05, 3.63) is 53.8 Å². The van der Waals surface area contributed by atoms with Crippen molar-refractivity contribution in [1.29, 1.82) is 0 Å². The molecule has 2 aromatic rings. The van der Waals surface area contributed by atoms with Gasteiger partial charge < -0.3 is 10.5 Å². The molecule has 0 saturated heterocycles. The zero-order valence-corrected chi connectivity index (χ0v) is 12.4. The Balaban J connectivity index is 2.27. The largest absolute Gasteiger partial charge is 0.494 e. The maximum atomic E-state index is 13.6. The lowest BCUT2D eigenvalue weighted by Crippen LogP contribution is -2.14. The minimum absolute atomic E-state index is 0.0511. The standard InChI is InChI=1S/C14H13FN2O4S/c1-21-13-7-6-11(8-12(13)15)22(19,20)17-10-4-2-9(3-5-10)14(16)18/h2-8,17H,1H3,(H2,16,18). The van der Waals surface area contributed by atoms with Gasteiger partial charge in [0.15, 0.2) is 11.6 Å². The number of hydrogen-bond donors (Lipinski definition) is 2. The predicted octanol–water partition coefficient (Wildman–Crippen LogP) is 1.73. The van der Waals surface area contributed by atoms with Gasteiger partial charge in [-0.25, -0.2) is 12.8 Å². The van der Waals surface area contributed by atoms with Crippen molar-refractivity contribution in [1.82, 2.24) is 0 Å². The molecule has 0 aliphatic rings. The van der Waals surface area contributed by atoms with Gasteiger partial charge in [0.25, 0.3) is 10.0 Å². The Morgan fingerprint density at radius 1 is 1.18 bits per heavy atom. The van der Waals surface area contributed by atoms with Crippen LogP contribution in [0.15, 0.2) is 47.4 Å². The number of nitrogens with one attached hydrogen (secondary N) is 1. The van der Waals surface area contributed by atoms with E-state index in [-0.39, 0.29) is 21.9 Å². The fourth-order valence-electron chi connectivity index (χ4n) is 1.73. The van der Waals surface area contributed by atoms with Crippen molar-refractivity contribution in [2.45, 2.75) is 4.90 Å². The van der Waals surface area contributed by atoms with Gasteiger partial charge in [0, 0.05) is 11.3 Å². The van der Waals surface area contributed by atoms with E-state index in [4.69, 9.17) is 10.5 Å². The predicted molar refractivity (Wildman–Crippen MR) is 78.7 cm³/mol. The molecule has 0 saturated carbocycles. The van der Waals surface area contributed by atoms with Gasteiger partial charge in [-0.15, -0.1) is 0 Å². The lowest BCUT2D eigenvalue weighted by molar-refractivity contribution is 0.100. The van der Waals surface area contributed by atoms with Gasteiger partial charge in [-0.3, -0.25) is 9.52 Å². The quantitative estimate of drug-likeness (QED) is 0.875. The third kappa shape index (κ3) is 3.34. The van der Waals surface area contributed by atoms with Crippen molar-refractivity contribution in [2.24, 2.45) is 5.73 Å². The minimum Gasteiger partial charge on any atom is -0.494 e. The monoisotopic (exact) mass is 324 g/mol. The number of halogens is 1. The van der Waals surface area contributed by atoms with E-state index < -0.39 is 21.7 Å². The number of rotatable bonds is 5. The second kappa shape index (κ2) is 6.02. The number of carbonyl (C=O) groups excluding carboxylic acids is 1. The fraction of sp³-hybridized carbons (Fsp3) is 0.0714. The Hall–Kier alpha value is -2.61. The molecular formula is C14H13FN2O4S. The van der Waals surface area contributed by atoms with Crippen molar-refractivity contribution in [3.63, 3.8) is 0 Å². The number of sulfonamides is 1. The van der Waals surface area contributed by atoms with Gasteiger partial charge >= 0.3 is 0 Å². The van der Waals surface area contributed by atoms with Crippen LogP contribution in [0.4, 0.5) is 10.1 Å². The first-order valence-corrected chi connectivity index (χ1v) is 7.58. The molecule has 0 spiro atoms. The van der Waals surface area contributed by atoms with E-state index in [9.17, 15) is 17.6 Å². The highest BCUT2D eigenvalue weighted by atomic mass is 32.2.